The smallest absolute Gasteiger partial charge is 0.254 e. The van der Waals surface area contributed by atoms with Crippen LogP contribution in [0, 0.1) is 12.8 Å². The number of nitrogens with zero attached hydrogens (tertiary/aromatic N) is 1. The van der Waals surface area contributed by atoms with E-state index < -0.39 is 0 Å². The molecule has 2 fully saturated rings. The number of benzene rings is 1. The van der Waals surface area contributed by atoms with Crippen LogP contribution in [-0.2, 0) is 0 Å². The van der Waals surface area contributed by atoms with Gasteiger partial charge in [-0.2, -0.15) is 0 Å². The number of hydrogen-bond acceptors (Lipinski definition) is 2. The first-order valence-electron chi connectivity index (χ1n) is 7.84. The fourth-order valence-electron chi connectivity index (χ4n) is 3.63. The normalized spacial score (nSPS) is 24.1. The summed E-state index contributed by atoms with van der Waals surface area (Å²) >= 11 is 0. The molecule has 2 heterocycles. The Bertz CT molecular complexity index is 462. The van der Waals surface area contributed by atoms with Gasteiger partial charge in [0.05, 0.1) is 0 Å². The second-order valence-electron chi connectivity index (χ2n) is 6.16. The first-order chi connectivity index (χ1) is 9.75. The van der Waals surface area contributed by atoms with Crippen LogP contribution in [-0.4, -0.2) is 36.5 Å². The lowest BCUT2D eigenvalue weighted by Crippen LogP contribution is -2.43. The van der Waals surface area contributed by atoms with Gasteiger partial charge in [-0.25, -0.2) is 0 Å². The van der Waals surface area contributed by atoms with Crippen LogP contribution in [0.25, 0.3) is 0 Å². The standard InChI is InChI=1S/C17H24N2O/c1-13-4-6-15(7-5-13)17(20)19-12-2-3-16(19)14-8-10-18-11-9-14/h4-7,14,16,18H,2-3,8-12H2,1H3. The minimum Gasteiger partial charge on any atom is -0.335 e. The van der Waals surface area contributed by atoms with Crippen molar-refractivity contribution >= 4 is 5.91 Å². The number of carbonyl (C=O) groups excluding carboxylic acids is 1. The molecule has 1 atom stereocenters. The predicted octanol–water partition coefficient (Wildman–Crippen LogP) is 2.60. The Labute approximate surface area is 121 Å². The molecule has 2 aliphatic rings. The van der Waals surface area contributed by atoms with E-state index in [0.29, 0.717) is 12.0 Å². The van der Waals surface area contributed by atoms with Crippen LogP contribution in [0.4, 0.5) is 0 Å². The van der Waals surface area contributed by atoms with Gasteiger partial charge in [-0.1, -0.05) is 17.7 Å². The third-order valence-electron chi connectivity index (χ3n) is 4.79. The number of carbonyl (C=O) groups is 1. The molecule has 3 rings (SSSR count). The highest BCUT2D eigenvalue weighted by molar-refractivity contribution is 5.94. The van der Waals surface area contributed by atoms with E-state index in [1.165, 1.54) is 24.8 Å². The van der Waals surface area contributed by atoms with Gasteiger partial charge in [0.25, 0.3) is 5.91 Å². The van der Waals surface area contributed by atoms with Crippen LogP contribution in [0.5, 0.6) is 0 Å². The molecule has 1 amide bonds. The van der Waals surface area contributed by atoms with Crippen molar-refractivity contribution in [2.24, 2.45) is 5.92 Å². The molecular formula is C17H24N2O. The van der Waals surface area contributed by atoms with Crippen LogP contribution in [0.2, 0.25) is 0 Å². The number of hydrogen-bond donors (Lipinski definition) is 1. The molecule has 0 spiro atoms. The largest absolute Gasteiger partial charge is 0.335 e. The van der Waals surface area contributed by atoms with Gasteiger partial charge in [-0.15, -0.1) is 0 Å². The van der Waals surface area contributed by atoms with Gasteiger partial charge in [0.15, 0.2) is 0 Å². The summed E-state index contributed by atoms with van der Waals surface area (Å²) < 4.78 is 0. The van der Waals surface area contributed by atoms with Crippen molar-refractivity contribution in [2.75, 3.05) is 19.6 Å². The third-order valence-corrected chi connectivity index (χ3v) is 4.79. The molecule has 108 valence electrons. The maximum Gasteiger partial charge on any atom is 0.254 e. The van der Waals surface area contributed by atoms with Crippen molar-refractivity contribution in [1.82, 2.24) is 10.2 Å². The lowest BCUT2D eigenvalue weighted by atomic mass is 9.88. The average Bonchev–Trinajstić information content (AvgIpc) is 2.97. The first-order valence-corrected chi connectivity index (χ1v) is 7.84. The number of piperidine rings is 1. The maximum absolute atomic E-state index is 12.7. The lowest BCUT2D eigenvalue weighted by molar-refractivity contribution is 0.0666. The number of nitrogens with one attached hydrogen (secondary N) is 1. The first kappa shape index (κ1) is 13.6. The molecule has 0 aromatic heterocycles. The summed E-state index contributed by atoms with van der Waals surface area (Å²) in [5.41, 5.74) is 2.05. The van der Waals surface area contributed by atoms with Gasteiger partial charge in [-0.3, -0.25) is 4.79 Å². The molecule has 0 saturated carbocycles. The molecule has 2 saturated heterocycles. The van der Waals surface area contributed by atoms with Gasteiger partial charge in [0.2, 0.25) is 0 Å². The molecule has 1 aromatic carbocycles. The number of likely N-dealkylation sites (tertiary alicyclic amines) is 1. The molecule has 1 unspecified atom stereocenters. The van der Waals surface area contributed by atoms with Crippen molar-refractivity contribution in [3.63, 3.8) is 0 Å². The zero-order valence-electron chi connectivity index (χ0n) is 12.3. The monoisotopic (exact) mass is 272 g/mol. The molecular weight excluding hydrogens is 248 g/mol. The van der Waals surface area contributed by atoms with Crippen LogP contribution in [0.3, 0.4) is 0 Å². The highest BCUT2D eigenvalue weighted by Gasteiger charge is 2.35. The van der Waals surface area contributed by atoms with Crippen molar-refractivity contribution in [1.29, 1.82) is 0 Å². The van der Waals surface area contributed by atoms with E-state index in [-0.39, 0.29) is 5.91 Å². The summed E-state index contributed by atoms with van der Waals surface area (Å²) in [6.45, 7) is 5.20. The van der Waals surface area contributed by atoms with Crippen LogP contribution in [0.1, 0.15) is 41.6 Å². The predicted molar refractivity (Wildman–Crippen MR) is 80.8 cm³/mol. The molecule has 2 aliphatic heterocycles. The quantitative estimate of drug-likeness (QED) is 0.897. The molecule has 0 radical (unpaired) electrons. The second kappa shape index (κ2) is 5.96. The van der Waals surface area contributed by atoms with E-state index in [1.54, 1.807) is 0 Å². The summed E-state index contributed by atoms with van der Waals surface area (Å²) in [5.74, 6) is 0.916. The highest BCUT2D eigenvalue weighted by Crippen LogP contribution is 2.30. The number of aryl methyl sites for hydroxylation is 1. The maximum atomic E-state index is 12.7. The molecule has 3 nitrogen and oxygen atoms in total. The summed E-state index contributed by atoms with van der Waals surface area (Å²) in [4.78, 5) is 14.9. The SMILES string of the molecule is Cc1ccc(C(=O)N2CCCC2C2CCNCC2)cc1. The molecule has 3 heteroatoms. The Hall–Kier alpha value is -1.35. The summed E-state index contributed by atoms with van der Waals surface area (Å²) in [6.07, 6.45) is 4.76. The molecule has 0 bridgehead atoms. The molecule has 1 aromatic rings. The van der Waals surface area contributed by atoms with E-state index in [9.17, 15) is 4.79 Å². The van der Waals surface area contributed by atoms with Crippen molar-refractivity contribution in [3.8, 4) is 0 Å². The third kappa shape index (κ3) is 2.73. The molecule has 1 N–H and O–H groups in total. The van der Waals surface area contributed by atoms with Crippen molar-refractivity contribution in [2.45, 2.75) is 38.6 Å². The van der Waals surface area contributed by atoms with E-state index in [2.05, 4.69) is 17.1 Å². The summed E-state index contributed by atoms with van der Waals surface area (Å²) in [6, 6.07) is 8.46. The van der Waals surface area contributed by atoms with Crippen molar-refractivity contribution < 1.29 is 4.79 Å². The summed E-state index contributed by atoms with van der Waals surface area (Å²) in [5, 5.41) is 3.42. The Morgan fingerprint density at radius 2 is 1.85 bits per heavy atom. The molecule has 20 heavy (non-hydrogen) atoms. The van der Waals surface area contributed by atoms with E-state index in [4.69, 9.17) is 0 Å². The molecule has 0 aliphatic carbocycles. The second-order valence-corrected chi connectivity index (χ2v) is 6.16. The van der Waals surface area contributed by atoms with Gasteiger partial charge in [0.1, 0.15) is 0 Å². The topological polar surface area (TPSA) is 32.3 Å². The zero-order chi connectivity index (χ0) is 13.9. The minimum atomic E-state index is 0.228. The van der Waals surface area contributed by atoms with Crippen LogP contribution in [0.15, 0.2) is 24.3 Å². The Balaban J connectivity index is 1.74. The zero-order valence-corrected chi connectivity index (χ0v) is 12.3. The summed E-state index contributed by atoms with van der Waals surface area (Å²) in [7, 11) is 0. The minimum absolute atomic E-state index is 0.228. The van der Waals surface area contributed by atoms with Gasteiger partial charge < -0.3 is 10.2 Å². The van der Waals surface area contributed by atoms with E-state index >= 15 is 0 Å². The van der Waals surface area contributed by atoms with Gasteiger partial charge >= 0.3 is 0 Å². The highest BCUT2D eigenvalue weighted by atomic mass is 16.2. The lowest BCUT2D eigenvalue weighted by Gasteiger charge is -2.34. The number of rotatable bonds is 2. The number of amides is 1. The van der Waals surface area contributed by atoms with Gasteiger partial charge in [0, 0.05) is 18.2 Å². The van der Waals surface area contributed by atoms with Crippen molar-refractivity contribution in [3.05, 3.63) is 35.4 Å². The Morgan fingerprint density at radius 1 is 1.15 bits per heavy atom. The Morgan fingerprint density at radius 3 is 2.55 bits per heavy atom. The van der Waals surface area contributed by atoms with E-state index in [0.717, 1.165) is 31.6 Å². The van der Waals surface area contributed by atoms with E-state index in [1.807, 2.05) is 24.3 Å². The van der Waals surface area contributed by atoms with Crippen LogP contribution >= 0.6 is 0 Å². The average molecular weight is 272 g/mol. The fraction of sp³-hybridized carbons (Fsp3) is 0.588. The Kier molecular flexibility index (Phi) is 4.06. The fourth-order valence-corrected chi connectivity index (χ4v) is 3.63. The van der Waals surface area contributed by atoms with Gasteiger partial charge in [-0.05, 0) is 63.7 Å². The van der Waals surface area contributed by atoms with Crippen LogP contribution < -0.4 is 5.32 Å².